The third-order valence-electron chi connectivity index (χ3n) is 2.03. The molecule has 1 atom stereocenters. The van der Waals surface area contributed by atoms with Crippen LogP contribution >= 0.6 is 0 Å². The molecule has 12 heavy (non-hydrogen) atoms. The van der Waals surface area contributed by atoms with Gasteiger partial charge in [-0.15, -0.1) is 0 Å². The zero-order valence-corrected chi connectivity index (χ0v) is 7.38. The molecule has 3 N–H and O–H groups in total. The lowest BCUT2D eigenvalue weighted by molar-refractivity contribution is -0.128. The first kappa shape index (κ1) is 9.48. The van der Waals surface area contributed by atoms with Crippen molar-refractivity contribution < 1.29 is 9.53 Å². The lowest BCUT2D eigenvalue weighted by atomic mass is 10.1. The summed E-state index contributed by atoms with van der Waals surface area (Å²) in [5.74, 6) is 0.115. The van der Waals surface area contributed by atoms with Crippen molar-refractivity contribution in [1.82, 2.24) is 5.32 Å². The van der Waals surface area contributed by atoms with Gasteiger partial charge in [-0.2, -0.15) is 0 Å². The summed E-state index contributed by atoms with van der Waals surface area (Å²) in [6, 6.07) is 0.234. The predicted octanol–water partition coefficient (Wildman–Crippen LogP) is -0.514. The number of nitrogens with one attached hydrogen (secondary N) is 1. The number of nitrogens with two attached hydrogens (primary N) is 1. The first-order chi connectivity index (χ1) is 5.74. The van der Waals surface area contributed by atoms with Crippen LogP contribution in [0.25, 0.3) is 0 Å². The van der Waals surface area contributed by atoms with Gasteiger partial charge >= 0.3 is 0 Å². The minimum Gasteiger partial charge on any atom is -0.377 e. The van der Waals surface area contributed by atoms with Gasteiger partial charge in [-0.25, -0.2) is 0 Å². The molecule has 0 saturated carbocycles. The largest absolute Gasteiger partial charge is 0.377 e. The summed E-state index contributed by atoms with van der Waals surface area (Å²) < 4.78 is 4.94. The zero-order valence-electron chi connectivity index (χ0n) is 7.38. The standard InChI is InChI=1S/C8H16N2O2/c1-6(2-3-9)8(11)10-7-4-12-5-7/h6-7H,2-5,9H2,1H3,(H,10,11). The first-order valence-electron chi connectivity index (χ1n) is 4.32. The van der Waals surface area contributed by atoms with Gasteiger partial charge in [-0.1, -0.05) is 6.92 Å². The lowest BCUT2D eigenvalue weighted by Crippen LogP contribution is -2.50. The molecule has 70 valence electrons. The fourth-order valence-electron chi connectivity index (χ4n) is 1.04. The van der Waals surface area contributed by atoms with Crippen LogP contribution in [0.2, 0.25) is 0 Å². The van der Waals surface area contributed by atoms with Crippen LogP contribution in [-0.4, -0.2) is 31.7 Å². The second-order valence-electron chi connectivity index (χ2n) is 3.22. The van der Waals surface area contributed by atoms with E-state index >= 15 is 0 Å². The molecule has 0 aliphatic carbocycles. The van der Waals surface area contributed by atoms with E-state index in [-0.39, 0.29) is 17.9 Å². The van der Waals surface area contributed by atoms with Gasteiger partial charge < -0.3 is 15.8 Å². The van der Waals surface area contributed by atoms with Gasteiger partial charge in [0.15, 0.2) is 0 Å². The van der Waals surface area contributed by atoms with Gasteiger partial charge in [0, 0.05) is 5.92 Å². The minimum atomic E-state index is 0.0237. The smallest absolute Gasteiger partial charge is 0.223 e. The molecule has 1 saturated heterocycles. The highest BCUT2D eigenvalue weighted by Gasteiger charge is 2.22. The van der Waals surface area contributed by atoms with Gasteiger partial charge in [0.05, 0.1) is 19.3 Å². The number of carbonyl (C=O) groups is 1. The molecule has 1 amide bonds. The number of ether oxygens (including phenoxy) is 1. The molecule has 0 aromatic rings. The van der Waals surface area contributed by atoms with E-state index < -0.39 is 0 Å². The van der Waals surface area contributed by atoms with Crippen LogP contribution < -0.4 is 11.1 Å². The molecule has 0 radical (unpaired) electrons. The van der Waals surface area contributed by atoms with Gasteiger partial charge in [0.25, 0.3) is 0 Å². The Morgan fingerprint density at radius 2 is 2.42 bits per heavy atom. The molecular weight excluding hydrogens is 156 g/mol. The summed E-state index contributed by atoms with van der Waals surface area (Å²) >= 11 is 0. The van der Waals surface area contributed by atoms with Crippen molar-refractivity contribution in [2.75, 3.05) is 19.8 Å². The third-order valence-corrected chi connectivity index (χ3v) is 2.03. The molecule has 0 aromatic heterocycles. The molecule has 0 aromatic carbocycles. The van der Waals surface area contributed by atoms with Gasteiger partial charge in [-0.05, 0) is 13.0 Å². The van der Waals surface area contributed by atoms with Gasteiger partial charge in [0.2, 0.25) is 5.91 Å². The summed E-state index contributed by atoms with van der Waals surface area (Å²) in [6.07, 6.45) is 0.749. The lowest BCUT2D eigenvalue weighted by Gasteiger charge is -2.28. The van der Waals surface area contributed by atoms with Crippen LogP contribution in [0, 0.1) is 5.92 Å². The highest BCUT2D eigenvalue weighted by molar-refractivity contribution is 5.78. The van der Waals surface area contributed by atoms with Crippen LogP contribution in [0.1, 0.15) is 13.3 Å². The van der Waals surface area contributed by atoms with E-state index in [4.69, 9.17) is 10.5 Å². The van der Waals surface area contributed by atoms with Crippen LogP contribution in [0.5, 0.6) is 0 Å². The van der Waals surface area contributed by atoms with E-state index in [2.05, 4.69) is 5.32 Å². The minimum absolute atomic E-state index is 0.0237. The fourth-order valence-corrected chi connectivity index (χ4v) is 1.04. The molecule has 0 spiro atoms. The molecule has 1 fully saturated rings. The summed E-state index contributed by atoms with van der Waals surface area (Å²) in [5.41, 5.74) is 5.34. The average molecular weight is 172 g/mol. The Morgan fingerprint density at radius 3 is 2.83 bits per heavy atom. The van der Waals surface area contributed by atoms with Crippen molar-refractivity contribution in [2.24, 2.45) is 11.7 Å². The molecule has 1 rings (SSSR count). The zero-order chi connectivity index (χ0) is 8.97. The molecule has 1 aliphatic heterocycles. The molecule has 4 nitrogen and oxygen atoms in total. The Labute approximate surface area is 72.5 Å². The Morgan fingerprint density at radius 1 is 1.75 bits per heavy atom. The number of carbonyl (C=O) groups excluding carboxylic acids is 1. The summed E-state index contributed by atoms with van der Waals surface area (Å²) in [6.45, 7) is 3.76. The molecule has 0 bridgehead atoms. The van der Waals surface area contributed by atoms with Crippen molar-refractivity contribution >= 4 is 5.91 Å². The van der Waals surface area contributed by atoms with Crippen molar-refractivity contribution in [3.8, 4) is 0 Å². The SMILES string of the molecule is CC(CCN)C(=O)NC1COC1. The molecule has 1 aliphatic rings. The van der Waals surface area contributed by atoms with Crippen LogP contribution in [0.4, 0.5) is 0 Å². The van der Waals surface area contributed by atoms with Crippen LogP contribution in [0.3, 0.4) is 0 Å². The quantitative estimate of drug-likeness (QED) is 0.600. The molecule has 1 unspecified atom stereocenters. The van der Waals surface area contributed by atoms with E-state index in [1.807, 2.05) is 6.92 Å². The highest BCUT2D eigenvalue weighted by Crippen LogP contribution is 2.04. The Balaban J connectivity index is 2.16. The van der Waals surface area contributed by atoms with E-state index in [1.165, 1.54) is 0 Å². The normalized spacial score (nSPS) is 19.8. The average Bonchev–Trinajstić information content (AvgIpc) is 1.97. The molecule has 1 heterocycles. The number of rotatable bonds is 4. The third kappa shape index (κ3) is 2.46. The van der Waals surface area contributed by atoms with E-state index in [1.54, 1.807) is 0 Å². The van der Waals surface area contributed by atoms with E-state index in [9.17, 15) is 4.79 Å². The number of hydrogen-bond donors (Lipinski definition) is 2. The summed E-state index contributed by atoms with van der Waals surface area (Å²) in [7, 11) is 0. The van der Waals surface area contributed by atoms with E-state index in [0.717, 1.165) is 6.42 Å². The Bertz CT molecular complexity index is 157. The number of amides is 1. The van der Waals surface area contributed by atoms with Crippen molar-refractivity contribution in [3.05, 3.63) is 0 Å². The molecular formula is C8H16N2O2. The van der Waals surface area contributed by atoms with Crippen molar-refractivity contribution in [2.45, 2.75) is 19.4 Å². The maximum absolute atomic E-state index is 11.3. The maximum atomic E-state index is 11.3. The Hall–Kier alpha value is -0.610. The number of hydrogen-bond acceptors (Lipinski definition) is 3. The first-order valence-corrected chi connectivity index (χ1v) is 4.32. The summed E-state index contributed by atoms with van der Waals surface area (Å²) in [5, 5.41) is 2.88. The van der Waals surface area contributed by atoms with Crippen LogP contribution in [-0.2, 0) is 9.53 Å². The van der Waals surface area contributed by atoms with Gasteiger partial charge in [-0.3, -0.25) is 4.79 Å². The maximum Gasteiger partial charge on any atom is 0.223 e. The molecule has 4 heteroatoms. The summed E-state index contributed by atoms with van der Waals surface area (Å²) in [4.78, 5) is 11.3. The predicted molar refractivity (Wildman–Crippen MR) is 45.6 cm³/mol. The topological polar surface area (TPSA) is 64.4 Å². The van der Waals surface area contributed by atoms with E-state index in [0.29, 0.717) is 19.8 Å². The van der Waals surface area contributed by atoms with Crippen molar-refractivity contribution in [3.63, 3.8) is 0 Å². The monoisotopic (exact) mass is 172 g/mol. The van der Waals surface area contributed by atoms with Crippen LogP contribution in [0.15, 0.2) is 0 Å². The Kier molecular flexibility index (Phi) is 3.49. The van der Waals surface area contributed by atoms with Crippen molar-refractivity contribution in [1.29, 1.82) is 0 Å². The van der Waals surface area contributed by atoms with Gasteiger partial charge in [0.1, 0.15) is 0 Å². The second kappa shape index (κ2) is 4.42. The highest BCUT2D eigenvalue weighted by atomic mass is 16.5. The second-order valence-corrected chi connectivity index (χ2v) is 3.22. The fraction of sp³-hybridized carbons (Fsp3) is 0.875.